The number of anilines is 2. The standard InChI is InChI=1S/C35H42ClFN8O2.C32H35ClN6O4S/c1-10-28(46)43-16-22(7)44(17-21(43)6)33-24-15-25(36)31(23-13-11-12-14-26(23)37)40-34(24)45(35(47)41-33)32-29(19(2)3)38-27(18-42(8)9)39-30(32)20(4)5;1-8-26(40)37-16-21(6)38(17-20(37)5)30-23-15-24(33)28(22-11-9-10-12-25(22)44(7,42)43)35-31(23)39(32(41)36-30)29-19(4)13-14-34-27(29)18(2)3/h10-15,19-22H,1,16-18H2,2-9H3;8-15,18,20-21H,1,16-17H2,2-7H3. The first-order chi connectivity index (χ1) is 43.0. The molecule has 8 aromatic rings. The minimum atomic E-state index is -3.64. The van der Waals surface area contributed by atoms with E-state index in [9.17, 15) is 27.6 Å². The van der Waals surface area contributed by atoms with E-state index in [1.54, 1.807) is 64.5 Å². The van der Waals surface area contributed by atoms with Crippen LogP contribution in [0, 0.1) is 12.7 Å². The summed E-state index contributed by atoms with van der Waals surface area (Å²) in [5.41, 5.74) is 4.30. The molecule has 8 heterocycles. The summed E-state index contributed by atoms with van der Waals surface area (Å²) in [5.74, 6) is 0.425. The van der Waals surface area contributed by atoms with Crippen LogP contribution in [0.1, 0.15) is 115 Å². The zero-order valence-corrected chi connectivity index (χ0v) is 56.2. The number of aromatic nitrogens is 9. The van der Waals surface area contributed by atoms with Crippen LogP contribution in [-0.2, 0) is 26.0 Å². The monoisotopic (exact) mass is 1290 g/mol. The first kappa shape index (κ1) is 67.1. The van der Waals surface area contributed by atoms with Crippen LogP contribution in [0.2, 0.25) is 10.0 Å². The largest absolute Gasteiger partial charge is 0.355 e. The fourth-order valence-electron chi connectivity index (χ4n) is 12.0. The van der Waals surface area contributed by atoms with Gasteiger partial charge in [0, 0.05) is 73.9 Å². The van der Waals surface area contributed by atoms with E-state index in [-0.39, 0.29) is 96.9 Å². The Morgan fingerprint density at radius 1 is 0.637 bits per heavy atom. The molecule has 4 atom stereocenters. The number of amides is 2. The molecular weight excluding hydrogens is 1220 g/mol. The smallest absolute Gasteiger partial charge is 0.349 e. The topological polar surface area (TPSA) is 219 Å². The number of nitrogens with zero attached hydrogens (tertiary/aromatic N) is 14. The van der Waals surface area contributed by atoms with Gasteiger partial charge < -0.3 is 24.5 Å². The van der Waals surface area contributed by atoms with E-state index in [4.69, 9.17) is 43.1 Å². The molecule has 0 saturated carbocycles. The maximum Gasteiger partial charge on any atom is 0.355 e. The van der Waals surface area contributed by atoms with Gasteiger partial charge in [-0.3, -0.25) is 14.6 Å². The van der Waals surface area contributed by atoms with Crippen molar-refractivity contribution in [3.05, 3.63) is 164 Å². The lowest BCUT2D eigenvalue weighted by Gasteiger charge is -2.44. The summed E-state index contributed by atoms with van der Waals surface area (Å²) in [6.45, 7) is 31.2. The van der Waals surface area contributed by atoms with Gasteiger partial charge in [-0.25, -0.2) is 51.5 Å². The highest BCUT2D eigenvalue weighted by Crippen LogP contribution is 2.40. The van der Waals surface area contributed by atoms with Crippen molar-refractivity contribution in [2.45, 2.75) is 130 Å². The number of fused-ring (bicyclic) bond motifs is 2. The summed E-state index contributed by atoms with van der Waals surface area (Å²) in [5, 5.41) is 1.44. The fourth-order valence-corrected chi connectivity index (χ4v) is 13.4. The van der Waals surface area contributed by atoms with Crippen molar-refractivity contribution in [3.63, 3.8) is 0 Å². The molecular formula is C67H77Cl2FN14O6S. The van der Waals surface area contributed by atoms with Crippen molar-refractivity contribution in [3.8, 4) is 33.9 Å². The molecule has 2 aliphatic heterocycles. The maximum absolute atomic E-state index is 15.2. The van der Waals surface area contributed by atoms with E-state index in [1.807, 2.05) is 111 Å². The van der Waals surface area contributed by atoms with Gasteiger partial charge in [-0.05, 0) is 121 Å². The number of rotatable bonds is 14. The number of hydrogen-bond donors (Lipinski definition) is 0. The van der Waals surface area contributed by atoms with Gasteiger partial charge in [-0.2, -0.15) is 9.97 Å². The Balaban J connectivity index is 0.000000216. The molecule has 0 radical (unpaired) electrons. The van der Waals surface area contributed by atoms with Crippen LogP contribution in [0.25, 0.3) is 56.0 Å². The molecule has 0 spiro atoms. The molecule has 10 rings (SSSR count). The average Bonchev–Trinajstić information content (AvgIpc) is 0.741. The van der Waals surface area contributed by atoms with E-state index in [0.29, 0.717) is 95.0 Å². The van der Waals surface area contributed by atoms with E-state index in [2.05, 4.69) is 28.1 Å². The Morgan fingerprint density at radius 3 is 1.52 bits per heavy atom. The Morgan fingerprint density at radius 2 is 1.08 bits per heavy atom. The number of aryl methyl sites for hydroxylation is 1. The van der Waals surface area contributed by atoms with E-state index < -0.39 is 27.0 Å². The van der Waals surface area contributed by atoms with Crippen molar-refractivity contribution >= 4 is 78.6 Å². The van der Waals surface area contributed by atoms with Gasteiger partial charge in [0.05, 0.1) is 72.1 Å². The van der Waals surface area contributed by atoms with Crippen LogP contribution in [0.5, 0.6) is 0 Å². The fraction of sp³-hybridized carbons (Fsp3) is 0.388. The minimum absolute atomic E-state index is 0.0272. The third-order valence-corrected chi connectivity index (χ3v) is 18.1. The normalized spacial score (nSPS) is 17.2. The second-order valence-corrected chi connectivity index (χ2v) is 27.4. The lowest BCUT2D eigenvalue weighted by molar-refractivity contribution is -0.129. The highest BCUT2D eigenvalue weighted by molar-refractivity contribution is 7.90. The van der Waals surface area contributed by atoms with Gasteiger partial charge in [0.2, 0.25) is 11.8 Å². The van der Waals surface area contributed by atoms with E-state index in [0.717, 1.165) is 11.8 Å². The van der Waals surface area contributed by atoms with Gasteiger partial charge in [0.15, 0.2) is 21.1 Å². The highest BCUT2D eigenvalue weighted by atomic mass is 35.5. The lowest BCUT2D eigenvalue weighted by atomic mass is 10.0. The molecule has 24 heteroatoms. The Labute approximate surface area is 540 Å². The second kappa shape index (κ2) is 26.9. The van der Waals surface area contributed by atoms with E-state index in [1.165, 1.54) is 33.4 Å². The van der Waals surface area contributed by atoms with Crippen LogP contribution >= 0.6 is 23.2 Å². The molecule has 20 nitrogen and oxygen atoms in total. The van der Waals surface area contributed by atoms with Crippen molar-refractivity contribution in [2.24, 2.45) is 0 Å². The van der Waals surface area contributed by atoms with Gasteiger partial charge >= 0.3 is 11.4 Å². The van der Waals surface area contributed by atoms with Crippen LogP contribution < -0.4 is 21.2 Å². The first-order valence-electron chi connectivity index (χ1n) is 30.2. The van der Waals surface area contributed by atoms with Gasteiger partial charge in [-0.15, -0.1) is 0 Å². The summed E-state index contributed by atoms with van der Waals surface area (Å²) < 4.78 is 43.6. The average molecular weight is 1300 g/mol. The molecule has 478 valence electrons. The number of sulfone groups is 1. The van der Waals surface area contributed by atoms with Crippen molar-refractivity contribution in [1.29, 1.82) is 0 Å². The summed E-state index contributed by atoms with van der Waals surface area (Å²) in [6.07, 6.45) is 5.45. The van der Waals surface area contributed by atoms with Crippen LogP contribution in [0.4, 0.5) is 16.0 Å². The van der Waals surface area contributed by atoms with Crippen LogP contribution in [0.15, 0.2) is 113 Å². The molecule has 0 aliphatic carbocycles. The Bertz CT molecular complexity index is 4410. The summed E-state index contributed by atoms with van der Waals surface area (Å²) in [6, 6.07) is 17.2. The predicted molar refractivity (Wildman–Crippen MR) is 358 cm³/mol. The van der Waals surface area contributed by atoms with Gasteiger partial charge in [0.1, 0.15) is 23.3 Å². The summed E-state index contributed by atoms with van der Waals surface area (Å²) >= 11 is 13.8. The number of hydrogen-bond acceptors (Lipinski definition) is 16. The first-order valence-corrected chi connectivity index (χ1v) is 32.8. The Kier molecular flexibility index (Phi) is 19.8. The molecule has 6 aromatic heterocycles. The third kappa shape index (κ3) is 13.3. The third-order valence-electron chi connectivity index (χ3n) is 16.4. The number of carbonyl (C=O) groups excluding carboxylic acids is 2. The SMILES string of the molecule is C=CC(=O)N1CC(C)N(c2nc(=O)n(-c3c(C(C)C)nc(CN(C)C)nc3C(C)C)c3nc(-c4ccccc4F)c(Cl)cc23)CC1C.C=CC(=O)N1CC(C)N(c2nc(=O)n(-c3c(C)ccnc3C(C)C)c3nc(-c4ccccc4S(C)(=O)=O)c(Cl)cc23)CC1C. The van der Waals surface area contributed by atoms with Crippen LogP contribution in [0.3, 0.4) is 0 Å². The molecule has 2 aromatic carbocycles. The second-order valence-electron chi connectivity index (χ2n) is 24.6. The molecule has 2 amide bonds. The lowest BCUT2D eigenvalue weighted by Crippen LogP contribution is -2.58. The number of benzene rings is 2. The zero-order chi connectivity index (χ0) is 66.4. The summed E-state index contributed by atoms with van der Waals surface area (Å²) in [7, 11) is 0.270. The highest BCUT2D eigenvalue weighted by Gasteiger charge is 2.37. The van der Waals surface area contributed by atoms with Crippen molar-refractivity contribution in [1.82, 2.24) is 58.7 Å². The Hall–Kier alpha value is -8.31. The zero-order valence-electron chi connectivity index (χ0n) is 53.8. The van der Waals surface area contributed by atoms with Gasteiger partial charge in [-0.1, -0.05) is 108 Å². The number of halogens is 3. The molecule has 2 fully saturated rings. The molecule has 2 saturated heterocycles. The maximum atomic E-state index is 15.2. The summed E-state index contributed by atoms with van der Waals surface area (Å²) in [4.78, 5) is 97.0. The van der Waals surface area contributed by atoms with Crippen molar-refractivity contribution < 1.29 is 22.4 Å². The number of carbonyl (C=O) groups is 2. The van der Waals surface area contributed by atoms with Crippen LogP contribution in [-0.4, -0.2) is 150 Å². The molecule has 0 bridgehead atoms. The quantitative estimate of drug-likeness (QED) is 0.0924. The molecule has 4 unspecified atom stereocenters. The molecule has 91 heavy (non-hydrogen) atoms. The van der Waals surface area contributed by atoms with Crippen molar-refractivity contribution in [2.75, 3.05) is 56.3 Å². The van der Waals surface area contributed by atoms with E-state index >= 15 is 4.39 Å². The van der Waals surface area contributed by atoms with Gasteiger partial charge in [0.25, 0.3) is 0 Å². The number of pyridine rings is 3. The minimum Gasteiger partial charge on any atom is -0.349 e. The molecule has 0 N–H and O–H groups in total. The number of piperazine rings is 2. The molecule has 2 aliphatic rings. The predicted octanol–water partition coefficient (Wildman–Crippen LogP) is 10.9.